The van der Waals surface area contributed by atoms with E-state index in [-0.39, 0.29) is 18.0 Å². The average Bonchev–Trinajstić information content (AvgIpc) is 2.99. The molecule has 0 spiro atoms. The lowest BCUT2D eigenvalue weighted by Crippen LogP contribution is -2.16. The summed E-state index contributed by atoms with van der Waals surface area (Å²) in [4.78, 5) is 12.6. The van der Waals surface area contributed by atoms with Crippen LogP contribution < -0.4 is 10.1 Å². The number of carbonyl (C=O) groups excluding carboxylic acids is 1. The fourth-order valence-corrected chi connectivity index (χ4v) is 2.87. The van der Waals surface area contributed by atoms with Crippen molar-refractivity contribution in [3.63, 3.8) is 0 Å². The number of ether oxygens (including phenoxy) is 1. The van der Waals surface area contributed by atoms with Crippen molar-refractivity contribution in [2.24, 2.45) is 0 Å². The molecule has 1 N–H and O–H groups in total. The minimum atomic E-state index is -4.50. The van der Waals surface area contributed by atoms with Crippen molar-refractivity contribution < 1.29 is 27.2 Å². The molecule has 0 unspecified atom stereocenters. The van der Waals surface area contributed by atoms with Gasteiger partial charge in [-0.2, -0.15) is 13.2 Å². The zero-order valence-corrected chi connectivity index (χ0v) is 16.1. The maximum absolute atomic E-state index is 12.9. The molecular formula is C21H19F3N2O3. The van der Waals surface area contributed by atoms with Crippen LogP contribution in [0.5, 0.6) is 5.75 Å². The summed E-state index contributed by atoms with van der Waals surface area (Å²) in [5.41, 5.74) is 1.60. The van der Waals surface area contributed by atoms with Gasteiger partial charge in [-0.1, -0.05) is 17.3 Å². The second-order valence-electron chi connectivity index (χ2n) is 6.71. The lowest BCUT2D eigenvalue weighted by atomic mass is 10.1. The quantitative estimate of drug-likeness (QED) is 0.614. The molecule has 1 amide bonds. The van der Waals surface area contributed by atoms with Gasteiger partial charge < -0.3 is 14.6 Å². The number of halogens is 3. The maximum atomic E-state index is 12.9. The van der Waals surface area contributed by atoms with E-state index in [9.17, 15) is 18.0 Å². The van der Waals surface area contributed by atoms with Crippen LogP contribution in [0.3, 0.4) is 0 Å². The second kappa shape index (κ2) is 7.98. The molecule has 0 saturated heterocycles. The number of nitrogens with one attached hydrogen (secondary N) is 1. The Balaban J connectivity index is 1.77. The Kier molecular flexibility index (Phi) is 5.63. The van der Waals surface area contributed by atoms with E-state index in [0.717, 1.165) is 23.3 Å². The predicted octanol–water partition coefficient (Wildman–Crippen LogP) is 5.45. The molecule has 0 saturated carbocycles. The zero-order valence-electron chi connectivity index (χ0n) is 16.1. The zero-order chi connectivity index (χ0) is 21.2. The lowest BCUT2D eigenvalue weighted by Gasteiger charge is -2.10. The topological polar surface area (TPSA) is 64.4 Å². The number of hydrogen-bond acceptors (Lipinski definition) is 4. The number of aryl methyl sites for hydroxylation is 3. The first-order valence-electron chi connectivity index (χ1n) is 8.78. The molecule has 5 nitrogen and oxygen atoms in total. The van der Waals surface area contributed by atoms with Crippen LogP contribution in [0, 0.1) is 20.8 Å². The summed E-state index contributed by atoms with van der Waals surface area (Å²) in [5, 5.41) is 6.16. The molecule has 1 heterocycles. The van der Waals surface area contributed by atoms with Crippen molar-refractivity contribution in [1.82, 2.24) is 5.16 Å². The van der Waals surface area contributed by atoms with Gasteiger partial charge in [-0.3, -0.25) is 4.79 Å². The Morgan fingerprint density at radius 2 is 1.79 bits per heavy atom. The van der Waals surface area contributed by atoms with E-state index in [0.29, 0.717) is 17.1 Å². The molecule has 152 valence electrons. The van der Waals surface area contributed by atoms with Crippen molar-refractivity contribution in [2.75, 3.05) is 5.32 Å². The molecular weight excluding hydrogens is 385 g/mol. The number of carbonyl (C=O) groups is 1. The third-order valence-corrected chi connectivity index (χ3v) is 4.23. The van der Waals surface area contributed by atoms with E-state index < -0.39 is 17.6 Å². The Morgan fingerprint density at radius 3 is 2.45 bits per heavy atom. The molecule has 2 aromatic carbocycles. The standard InChI is InChI=1S/C21H19F3N2O3/c1-12-7-13(2)9-17(8-12)28-11-18-14(3)29-26-19(18)20(27)25-16-6-4-5-15(10-16)21(22,23)24/h4-10H,11H2,1-3H3,(H,25,27). The summed E-state index contributed by atoms with van der Waals surface area (Å²) < 4.78 is 49.4. The third kappa shape index (κ3) is 4.96. The Hall–Kier alpha value is -3.29. The van der Waals surface area contributed by atoms with Crippen molar-refractivity contribution in [1.29, 1.82) is 0 Å². The van der Waals surface area contributed by atoms with Crippen molar-refractivity contribution in [3.05, 3.63) is 76.2 Å². The second-order valence-corrected chi connectivity index (χ2v) is 6.71. The van der Waals surface area contributed by atoms with Crippen LogP contribution >= 0.6 is 0 Å². The van der Waals surface area contributed by atoms with Crippen molar-refractivity contribution in [2.45, 2.75) is 33.6 Å². The molecule has 8 heteroatoms. The summed E-state index contributed by atoms with van der Waals surface area (Å²) in [7, 11) is 0. The van der Waals surface area contributed by atoms with Gasteiger partial charge in [-0.25, -0.2) is 0 Å². The van der Waals surface area contributed by atoms with Gasteiger partial charge in [-0.15, -0.1) is 0 Å². The normalized spacial score (nSPS) is 11.4. The van der Waals surface area contributed by atoms with E-state index in [4.69, 9.17) is 9.26 Å². The molecule has 3 rings (SSSR count). The number of benzene rings is 2. The monoisotopic (exact) mass is 404 g/mol. The van der Waals surface area contributed by atoms with Crippen LogP contribution in [-0.4, -0.2) is 11.1 Å². The number of nitrogens with zero attached hydrogens (tertiary/aromatic N) is 1. The van der Waals surface area contributed by atoms with E-state index in [1.165, 1.54) is 12.1 Å². The Labute approximate surface area is 165 Å². The molecule has 0 atom stereocenters. The van der Waals surface area contributed by atoms with Gasteiger partial charge in [0, 0.05) is 5.69 Å². The van der Waals surface area contributed by atoms with Crippen LogP contribution in [0.1, 0.15) is 38.5 Å². The molecule has 0 radical (unpaired) electrons. The van der Waals surface area contributed by atoms with Gasteiger partial charge >= 0.3 is 6.18 Å². The Bertz CT molecular complexity index is 1020. The number of hydrogen-bond donors (Lipinski definition) is 1. The van der Waals surface area contributed by atoms with Gasteiger partial charge in [0.2, 0.25) is 0 Å². The summed E-state index contributed by atoms with van der Waals surface area (Å²) in [5.74, 6) is 0.344. The van der Waals surface area contributed by atoms with Crippen LogP contribution in [0.2, 0.25) is 0 Å². The fraction of sp³-hybridized carbons (Fsp3) is 0.238. The third-order valence-electron chi connectivity index (χ3n) is 4.23. The summed E-state index contributed by atoms with van der Waals surface area (Å²) >= 11 is 0. The van der Waals surface area contributed by atoms with Crippen LogP contribution in [0.25, 0.3) is 0 Å². The first-order valence-corrected chi connectivity index (χ1v) is 8.78. The minimum absolute atomic E-state index is 0.00616. The average molecular weight is 404 g/mol. The number of anilines is 1. The lowest BCUT2D eigenvalue weighted by molar-refractivity contribution is -0.137. The van der Waals surface area contributed by atoms with Gasteiger partial charge in [0.15, 0.2) is 5.69 Å². The molecule has 0 aliphatic carbocycles. The first-order chi connectivity index (χ1) is 13.6. The highest BCUT2D eigenvalue weighted by atomic mass is 19.4. The van der Waals surface area contributed by atoms with E-state index in [1.54, 1.807) is 6.92 Å². The van der Waals surface area contributed by atoms with Gasteiger partial charge in [0.25, 0.3) is 5.91 Å². The van der Waals surface area contributed by atoms with Gasteiger partial charge in [0.1, 0.15) is 18.1 Å². The van der Waals surface area contributed by atoms with E-state index in [2.05, 4.69) is 10.5 Å². The van der Waals surface area contributed by atoms with Gasteiger partial charge in [-0.05, 0) is 62.2 Å². The molecule has 3 aromatic rings. The number of aromatic nitrogens is 1. The first kappa shape index (κ1) is 20.4. The van der Waals surface area contributed by atoms with Gasteiger partial charge in [0.05, 0.1) is 11.1 Å². The summed E-state index contributed by atoms with van der Waals surface area (Å²) in [6, 6.07) is 10.1. The van der Waals surface area contributed by atoms with Crippen LogP contribution in [-0.2, 0) is 12.8 Å². The Morgan fingerprint density at radius 1 is 1.10 bits per heavy atom. The highest BCUT2D eigenvalue weighted by Crippen LogP contribution is 2.31. The summed E-state index contributed by atoms with van der Waals surface area (Å²) in [6.45, 7) is 5.55. The predicted molar refractivity (Wildman–Crippen MR) is 101 cm³/mol. The molecule has 0 aliphatic heterocycles. The van der Waals surface area contributed by atoms with E-state index in [1.807, 2.05) is 32.0 Å². The highest BCUT2D eigenvalue weighted by Gasteiger charge is 2.30. The molecule has 0 fully saturated rings. The minimum Gasteiger partial charge on any atom is -0.489 e. The van der Waals surface area contributed by atoms with Crippen LogP contribution in [0.15, 0.2) is 47.0 Å². The number of alkyl halides is 3. The summed E-state index contributed by atoms with van der Waals surface area (Å²) in [6.07, 6.45) is -4.50. The molecule has 0 aliphatic rings. The SMILES string of the molecule is Cc1cc(C)cc(OCc2c(C(=O)Nc3cccc(C(F)(F)F)c3)noc2C)c1. The largest absolute Gasteiger partial charge is 0.489 e. The number of amides is 1. The van der Waals surface area contributed by atoms with Crippen LogP contribution in [0.4, 0.5) is 18.9 Å². The fourth-order valence-electron chi connectivity index (χ4n) is 2.87. The molecule has 29 heavy (non-hydrogen) atoms. The molecule has 0 bridgehead atoms. The molecule has 1 aromatic heterocycles. The maximum Gasteiger partial charge on any atom is 0.416 e. The van der Waals surface area contributed by atoms with Crippen molar-refractivity contribution in [3.8, 4) is 5.75 Å². The van der Waals surface area contributed by atoms with E-state index >= 15 is 0 Å². The number of rotatable bonds is 5. The van der Waals surface area contributed by atoms with Crippen molar-refractivity contribution >= 4 is 11.6 Å². The highest BCUT2D eigenvalue weighted by molar-refractivity contribution is 6.03. The smallest absolute Gasteiger partial charge is 0.416 e.